The topological polar surface area (TPSA) is 161 Å². The number of amides is 1. The van der Waals surface area contributed by atoms with Crippen molar-refractivity contribution in [2.75, 3.05) is 14.1 Å². The minimum atomic E-state index is -4.55. The van der Waals surface area contributed by atoms with Crippen molar-refractivity contribution in [2.24, 2.45) is 17.6 Å². The van der Waals surface area contributed by atoms with E-state index in [0.717, 1.165) is 12.1 Å². The molecule has 0 aromatic heterocycles. The number of phenols is 1. The molecule has 12 heteroatoms. The summed E-state index contributed by atoms with van der Waals surface area (Å²) in [4.78, 5) is 40.6. The highest BCUT2D eigenvalue weighted by Gasteiger charge is 2.63. The average molecular weight is 559 g/mol. The van der Waals surface area contributed by atoms with Crippen molar-refractivity contribution in [1.29, 1.82) is 0 Å². The first kappa shape index (κ1) is 27.4. The van der Waals surface area contributed by atoms with Crippen molar-refractivity contribution in [3.8, 4) is 16.9 Å². The Kier molecular flexibility index (Phi) is 6.12. The van der Waals surface area contributed by atoms with Crippen LogP contribution in [0.25, 0.3) is 11.1 Å². The molecular weight excluding hydrogens is 533 g/mol. The Hall–Kier alpha value is -4.16. The summed E-state index contributed by atoms with van der Waals surface area (Å²) in [6, 6.07) is 5.83. The number of carbonyl (C=O) groups excluding carboxylic acids is 3. The number of aliphatic hydroxyl groups excluding tert-OH is 2. The van der Waals surface area contributed by atoms with Gasteiger partial charge in [-0.2, -0.15) is 13.2 Å². The molecule has 3 aliphatic carbocycles. The van der Waals surface area contributed by atoms with E-state index in [1.54, 1.807) is 0 Å². The van der Waals surface area contributed by atoms with Gasteiger partial charge in [-0.05, 0) is 67.7 Å². The van der Waals surface area contributed by atoms with Crippen molar-refractivity contribution in [3.05, 3.63) is 75.8 Å². The number of benzene rings is 2. The van der Waals surface area contributed by atoms with Crippen molar-refractivity contribution in [3.63, 3.8) is 0 Å². The van der Waals surface area contributed by atoms with E-state index in [0.29, 0.717) is 16.7 Å². The maximum absolute atomic E-state index is 13.8. The third kappa shape index (κ3) is 3.74. The Morgan fingerprint density at radius 1 is 1.05 bits per heavy atom. The molecule has 0 aliphatic heterocycles. The number of aliphatic hydroxyl groups is 3. The van der Waals surface area contributed by atoms with E-state index < -0.39 is 75.5 Å². The lowest BCUT2D eigenvalue weighted by Crippen LogP contribution is -2.63. The minimum Gasteiger partial charge on any atom is -0.510 e. The third-order valence-electron chi connectivity index (χ3n) is 8.13. The van der Waals surface area contributed by atoms with E-state index >= 15 is 0 Å². The number of nitrogens with two attached hydrogens (primary N) is 1. The summed E-state index contributed by atoms with van der Waals surface area (Å²) >= 11 is 0. The number of phenolic OH excluding ortho intramolecular Hbond substituents is 1. The third-order valence-corrected chi connectivity index (χ3v) is 8.13. The molecule has 0 saturated carbocycles. The Bertz CT molecular complexity index is 1540. The van der Waals surface area contributed by atoms with Gasteiger partial charge in [0.05, 0.1) is 17.2 Å². The van der Waals surface area contributed by atoms with Crippen LogP contribution in [0.5, 0.6) is 5.75 Å². The number of rotatable bonds is 3. The average Bonchev–Trinajstić information content (AvgIpc) is 2.85. The Morgan fingerprint density at radius 3 is 2.23 bits per heavy atom. The molecule has 0 spiro atoms. The van der Waals surface area contributed by atoms with Gasteiger partial charge in [0.25, 0.3) is 5.91 Å². The molecule has 9 nitrogen and oxygen atoms in total. The number of aromatic hydroxyl groups is 1. The molecule has 0 fully saturated rings. The van der Waals surface area contributed by atoms with Crippen LogP contribution in [0.4, 0.5) is 13.2 Å². The second kappa shape index (κ2) is 8.93. The smallest absolute Gasteiger partial charge is 0.416 e. The molecule has 2 aromatic rings. The summed E-state index contributed by atoms with van der Waals surface area (Å²) < 4.78 is 39.3. The normalized spacial score (nSPS) is 26.5. The Morgan fingerprint density at radius 2 is 1.68 bits per heavy atom. The number of Topliss-reactive ketones (excluding diaryl/α,β-unsaturated/α-hetero) is 2. The largest absolute Gasteiger partial charge is 0.510 e. The molecule has 6 N–H and O–H groups in total. The second-order valence-corrected chi connectivity index (χ2v) is 10.5. The van der Waals surface area contributed by atoms with Crippen LogP contribution in [0.2, 0.25) is 0 Å². The number of carbonyl (C=O) groups is 3. The molecule has 0 heterocycles. The monoisotopic (exact) mass is 558 g/mol. The van der Waals surface area contributed by atoms with Crippen LogP contribution in [-0.4, -0.2) is 68.5 Å². The van der Waals surface area contributed by atoms with E-state index in [9.17, 15) is 48.0 Å². The quantitative estimate of drug-likeness (QED) is 0.360. The van der Waals surface area contributed by atoms with Crippen LogP contribution < -0.4 is 5.73 Å². The standard InChI is InChI=1S/C28H25F3N2O7/c1-33(2)21-16-10-12-9-15-14(11-3-5-13(6-4-11)28(29,30)31)7-8-17(34)19(15)22(35)18(12)24(37)27(16,40)25(38)20(23(21)36)26(32)39/h3-8,12,16,21,34,36-37,40H,9-10H2,1-2H3,(H2,32,39). The molecule has 5 rings (SSSR count). The van der Waals surface area contributed by atoms with Crippen LogP contribution in [-0.2, 0) is 22.2 Å². The Balaban J connectivity index is 1.68. The molecular formula is C28H25F3N2O7. The summed E-state index contributed by atoms with van der Waals surface area (Å²) in [7, 11) is 3.04. The maximum Gasteiger partial charge on any atom is 0.416 e. The molecule has 0 bridgehead atoms. The molecule has 0 radical (unpaired) electrons. The first-order valence-corrected chi connectivity index (χ1v) is 12.3. The zero-order valence-electron chi connectivity index (χ0n) is 21.3. The van der Waals surface area contributed by atoms with Crippen LogP contribution in [0.3, 0.4) is 0 Å². The predicted octanol–water partition coefficient (Wildman–Crippen LogP) is 2.81. The SMILES string of the molecule is CN(C)C1C(O)=C(C(N)=O)C(=O)C2(O)C(O)=C3C(=O)c4c(O)ccc(-c5ccc(C(F)(F)F)cc5)c4CC3CC12. The highest BCUT2D eigenvalue weighted by molar-refractivity contribution is 6.24. The zero-order chi connectivity index (χ0) is 29.5. The van der Waals surface area contributed by atoms with Gasteiger partial charge in [-0.3, -0.25) is 19.3 Å². The number of nitrogens with zero attached hydrogens (tertiary/aromatic N) is 1. The van der Waals surface area contributed by atoms with Crippen LogP contribution in [0.1, 0.15) is 27.9 Å². The fourth-order valence-corrected chi connectivity index (χ4v) is 6.36. The van der Waals surface area contributed by atoms with Gasteiger partial charge in [0.1, 0.15) is 22.8 Å². The van der Waals surface area contributed by atoms with Crippen LogP contribution >= 0.6 is 0 Å². The molecule has 2 aromatic carbocycles. The van der Waals surface area contributed by atoms with Gasteiger partial charge in [0.15, 0.2) is 11.4 Å². The number of halogens is 3. The number of likely N-dealkylation sites (N-methyl/N-ethyl adjacent to an activating group) is 1. The fraction of sp³-hybridized carbons (Fsp3) is 0.321. The summed E-state index contributed by atoms with van der Waals surface area (Å²) in [5.74, 6) is -7.67. The van der Waals surface area contributed by atoms with Gasteiger partial charge in [-0.15, -0.1) is 0 Å². The lowest BCUT2D eigenvalue weighted by Gasteiger charge is -2.50. The van der Waals surface area contributed by atoms with E-state index in [1.807, 2.05) is 0 Å². The first-order valence-electron chi connectivity index (χ1n) is 12.3. The van der Waals surface area contributed by atoms with Crippen LogP contribution in [0.15, 0.2) is 59.1 Å². The van der Waals surface area contributed by atoms with Crippen molar-refractivity contribution < 1.29 is 48.0 Å². The highest BCUT2D eigenvalue weighted by Crippen LogP contribution is 2.53. The number of primary amides is 1. The maximum atomic E-state index is 13.8. The Labute approximate surface area is 225 Å². The van der Waals surface area contributed by atoms with Crippen LogP contribution in [0, 0.1) is 11.8 Å². The summed E-state index contributed by atoms with van der Waals surface area (Å²) in [5, 5.41) is 44.4. The molecule has 3 aliphatic rings. The van der Waals surface area contributed by atoms with Gasteiger partial charge >= 0.3 is 6.18 Å². The summed E-state index contributed by atoms with van der Waals surface area (Å²) in [5.41, 5.74) is 1.31. The number of fused-ring (bicyclic) bond motifs is 3. The highest BCUT2D eigenvalue weighted by atomic mass is 19.4. The summed E-state index contributed by atoms with van der Waals surface area (Å²) in [6.45, 7) is 0. The van der Waals surface area contributed by atoms with E-state index in [-0.39, 0.29) is 24.0 Å². The molecule has 4 unspecified atom stereocenters. The van der Waals surface area contributed by atoms with Gasteiger partial charge in [0, 0.05) is 11.5 Å². The molecule has 210 valence electrons. The van der Waals surface area contributed by atoms with E-state index in [2.05, 4.69) is 0 Å². The summed E-state index contributed by atoms with van der Waals surface area (Å²) in [6.07, 6.45) is -4.64. The van der Waals surface area contributed by atoms with Crippen molar-refractivity contribution >= 4 is 17.5 Å². The van der Waals surface area contributed by atoms with E-state index in [4.69, 9.17) is 5.73 Å². The number of hydrogen-bond donors (Lipinski definition) is 5. The molecule has 40 heavy (non-hydrogen) atoms. The molecule has 1 amide bonds. The lowest BCUT2D eigenvalue weighted by atomic mass is 9.58. The van der Waals surface area contributed by atoms with Gasteiger partial charge < -0.3 is 26.2 Å². The molecule has 0 saturated heterocycles. The number of ketones is 2. The number of hydrogen-bond acceptors (Lipinski definition) is 8. The van der Waals surface area contributed by atoms with Gasteiger partial charge in [0.2, 0.25) is 5.78 Å². The van der Waals surface area contributed by atoms with Gasteiger partial charge in [-0.1, -0.05) is 18.2 Å². The zero-order valence-corrected chi connectivity index (χ0v) is 21.3. The van der Waals surface area contributed by atoms with Gasteiger partial charge in [-0.25, -0.2) is 0 Å². The first-order chi connectivity index (χ1) is 18.6. The lowest BCUT2D eigenvalue weighted by molar-refractivity contribution is -0.148. The minimum absolute atomic E-state index is 0.0132. The van der Waals surface area contributed by atoms with Crippen molar-refractivity contribution in [1.82, 2.24) is 4.90 Å². The number of allylic oxidation sites excluding steroid dienone is 1. The second-order valence-electron chi connectivity index (χ2n) is 10.5. The fourth-order valence-electron chi connectivity index (χ4n) is 6.36. The van der Waals surface area contributed by atoms with E-state index in [1.165, 1.54) is 43.3 Å². The van der Waals surface area contributed by atoms with Crippen molar-refractivity contribution in [2.45, 2.75) is 30.7 Å². The molecule has 4 atom stereocenters. The number of alkyl halides is 3. The predicted molar refractivity (Wildman–Crippen MR) is 134 cm³/mol.